The number of ether oxygens (including phenoxy) is 1. The van der Waals surface area contributed by atoms with Crippen molar-refractivity contribution in [2.75, 3.05) is 13.7 Å². The van der Waals surface area contributed by atoms with Crippen LogP contribution in [0.15, 0.2) is 33.4 Å². The second-order valence-corrected chi connectivity index (χ2v) is 4.76. The van der Waals surface area contributed by atoms with Crippen LogP contribution in [0.25, 0.3) is 0 Å². The second-order valence-electron chi connectivity index (χ2n) is 3.98. The number of thiophene rings is 1. The Balaban J connectivity index is 1.86. The second kappa shape index (κ2) is 6.51. The van der Waals surface area contributed by atoms with E-state index in [0.717, 1.165) is 5.56 Å². The maximum Gasteiger partial charge on any atom is 0.287 e. The summed E-state index contributed by atoms with van der Waals surface area (Å²) in [5.74, 6) is 0.451. The highest BCUT2D eigenvalue weighted by Gasteiger charge is 2.14. The predicted octanol–water partition coefficient (Wildman–Crippen LogP) is 1.95. The number of methoxy groups -OCH3 is 1. The Labute approximate surface area is 114 Å². The fourth-order valence-corrected chi connectivity index (χ4v) is 2.29. The van der Waals surface area contributed by atoms with E-state index in [0.29, 0.717) is 12.4 Å². The number of aliphatic hydroxyl groups is 1. The standard InChI is InChI=1S/C13H15NO4S/c1-17-7-10-2-3-12(18-10)13(16)14-6-11(15)9-4-5-19-8-9/h2-5,8,11,15H,6-7H2,1H3,(H,14,16). The predicted molar refractivity (Wildman–Crippen MR) is 71.0 cm³/mol. The zero-order valence-corrected chi connectivity index (χ0v) is 11.3. The van der Waals surface area contributed by atoms with E-state index in [1.165, 1.54) is 11.3 Å². The number of amides is 1. The first-order valence-corrected chi connectivity index (χ1v) is 6.71. The van der Waals surface area contributed by atoms with Crippen LogP contribution in [0, 0.1) is 0 Å². The molecule has 1 unspecified atom stereocenters. The smallest absolute Gasteiger partial charge is 0.287 e. The first-order chi connectivity index (χ1) is 9.20. The molecule has 0 aliphatic rings. The Morgan fingerprint density at radius 1 is 1.53 bits per heavy atom. The van der Waals surface area contributed by atoms with Crippen molar-refractivity contribution < 1.29 is 19.1 Å². The van der Waals surface area contributed by atoms with Gasteiger partial charge in [-0.25, -0.2) is 0 Å². The summed E-state index contributed by atoms with van der Waals surface area (Å²) in [4.78, 5) is 11.8. The molecule has 2 N–H and O–H groups in total. The molecular weight excluding hydrogens is 266 g/mol. The van der Waals surface area contributed by atoms with Crippen LogP contribution in [0.4, 0.5) is 0 Å². The molecule has 2 rings (SSSR count). The monoisotopic (exact) mass is 281 g/mol. The van der Waals surface area contributed by atoms with Gasteiger partial charge in [-0.05, 0) is 34.5 Å². The fraction of sp³-hybridized carbons (Fsp3) is 0.308. The van der Waals surface area contributed by atoms with Gasteiger partial charge in [0.05, 0.1) is 6.10 Å². The van der Waals surface area contributed by atoms with Gasteiger partial charge in [0.25, 0.3) is 5.91 Å². The quantitative estimate of drug-likeness (QED) is 0.849. The van der Waals surface area contributed by atoms with Crippen molar-refractivity contribution in [3.63, 3.8) is 0 Å². The van der Waals surface area contributed by atoms with Gasteiger partial charge < -0.3 is 19.6 Å². The molecule has 1 atom stereocenters. The molecule has 0 aliphatic heterocycles. The van der Waals surface area contributed by atoms with Crippen molar-refractivity contribution in [1.82, 2.24) is 5.32 Å². The summed E-state index contributed by atoms with van der Waals surface area (Å²) < 4.78 is 10.2. The van der Waals surface area contributed by atoms with E-state index < -0.39 is 6.10 Å². The van der Waals surface area contributed by atoms with Crippen molar-refractivity contribution in [3.8, 4) is 0 Å². The lowest BCUT2D eigenvalue weighted by molar-refractivity contribution is 0.0881. The third-order valence-corrected chi connectivity index (χ3v) is 3.26. The summed E-state index contributed by atoms with van der Waals surface area (Å²) in [5, 5.41) is 16.2. The average molecular weight is 281 g/mol. The number of hydrogen-bond acceptors (Lipinski definition) is 5. The normalized spacial score (nSPS) is 12.3. The maximum absolute atomic E-state index is 11.8. The molecule has 0 saturated heterocycles. The Morgan fingerprint density at radius 2 is 2.37 bits per heavy atom. The van der Waals surface area contributed by atoms with Gasteiger partial charge >= 0.3 is 0 Å². The number of rotatable bonds is 6. The summed E-state index contributed by atoms with van der Waals surface area (Å²) in [6.45, 7) is 0.473. The molecular formula is C13H15NO4S. The van der Waals surface area contributed by atoms with Gasteiger partial charge in [-0.3, -0.25) is 4.79 Å². The molecule has 0 bridgehead atoms. The molecule has 2 aromatic heterocycles. The number of nitrogens with one attached hydrogen (secondary N) is 1. The maximum atomic E-state index is 11.8. The highest BCUT2D eigenvalue weighted by molar-refractivity contribution is 7.07. The number of hydrogen-bond donors (Lipinski definition) is 2. The van der Waals surface area contributed by atoms with Crippen molar-refractivity contribution in [2.45, 2.75) is 12.7 Å². The molecule has 102 valence electrons. The topological polar surface area (TPSA) is 71.7 Å². The van der Waals surface area contributed by atoms with Gasteiger partial charge in [0, 0.05) is 13.7 Å². The van der Waals surface area contributed by atoms with Gasteiger partial charge in [-0.2, -0.15) is 11.3 Å². The SMILES string of the molecule is COCc1ccc(C(=O)NCC(O)c2ccsc2)o1. The van der Waals surface area contributed by atoms with Gasteiger partial charge in [0.2, 0.25) is 0 Å². The van der Waals surface area contributed by atoms with Crippen LogP contribution >= 0.6 is 11.3 Å². The van der Waals surface area contributed by atoms with E-state index in [9.17, 15) is 9.90 Å². The van der Waals surface area contributed by atoms with E-state index in [-0.39, 0.29) is 18.2 Å². The fourth-order valence-electron chi connectivity index (χ4n) is 1.58. The molecule has 0 fully saturated rings. The molecule has 2 heterocycles. The minimum absolute atomic E-state index is 0.149. The summed E-state index contributed by atoms with van der Waals surface area (Å²) in [7, 11) is 1.56. The Hall–Kier alpha value is -1.63. The highest BCUT2D eigenvalue weighted by atomic mass is 32.1. The number of carbonyl (C=O) groups excluding carboxylic acids is 1. The van der Waals surface area contributed by atoms with Gasteiger partial charge in [-0.15, -0.1) is 0 Å². The summed E-state index contributed by atoms with van der Waals surface area (Å²) in [5.41, 5.74) is 0.796. The van der Waals surface area contributed by atoms with Gasteiger partial charge in [0.1, 0.15) is 12.4 Å². The van der Waals surface area contributed by atoms with Crippen LogP contribution < -0.4 is 5.32 Å². The van der Waals surface area contributed by atoms with Crippen LogP contribution in [0.5, 0.6) is 0 Å². The Morgan fingerprint density at radius 3 is 3.05 bits per heavy atom. The average Bonchev–Trinajstić information content (AvgIpc) is 3.06. The molecule has 2 aromatic rings. The molecule has 0 saturated carbocycles. The number of furan rings is 1. The zero-order chi connectivity index (χ0) is 13.7. The van der Waals surface area contributed by atoms with E-state index in [1.54, 1.807) is 19.2 Å². The van der Waals surface area contributed by atoms with E-state index >= 15 is 0 Å². The van der Waals surface area contributed by atoms with E-state index in [2.05, 4.69) is 5.32 Å². The lowest BCUT2D eigenvalue weighted by Crippen LogP contribution is -2.27. The van der Waals surface area contributed by atoms with Crippen molar-refractivity contribution >= 4 is 17.2 Å². The third kappa shape index (κ3) is 3.66. The van der Waals surface area contributed by atoms with Gasteiger partial charge in [-0.1, -0.05) is 0 Å². The molecule has 1 amide bonds. The molecule has 0 radical (unpaired) electrons. The molecule has 6 heteroatoms. The van der Waals surface area contributed by atoms with Crippen LogP contribution in [0.3, 0.4) is 0 Å². The van der Waals surface area contributed by atoms with E-state index in [1.807, 2.05) is 16.8 Å². The molecule has 0 aliphatic carbocycles. The first-order valence-electron chi connectivity index (χ1n) is 5.76. The number of aliphatic hydroxyl groups excluding tert-OH is 1. The lowest BCUT2D eigenvalue weighted by atomic mass is 10.2. The van der Waals surface area contributed by atoms with Crippen LogP contribution in [-0.4, -0.2) is 24.7 Å². The summed E-state index contributed by atoms with van der Waals surface area (Å²) >= 11 is 1.50. The van der Waals surface area contributed by atoms with Crippen molar-refractivity contribution in [2.24, 2.45) is 0 Å². The Kier molecular flexibility index (Phi) is 4.73. The Bertz CT molecular complexity index is 520. The number of carbonyl (C=O) groups is 1. The largest absolute Gasteiger partial charge is 0.453 e. The summed E-state index contributed by atoms with van der Waals surface area (Å²) in [6.07, 6.45) is -0.705. The zero-order valence-electron chi connectivity index (χ0n) is 10.5. The molecule has 19 heavy (non-hydrogen) atoms. The van der Waals surface area contributed by atoms with Gasteiger partial charge in [0.15, 0.2) is 5.76 Å². The molecule has 5 nitrogen and oxygen atoms in total. The van der Waals surface area contributed by atoms with Crippen LogP contribution in [0.2, 0.25) is 0 Å². The molecule has 0 aromatic carbocycles. The highest BCUT2D eigenvalue weighted by Crippen LogP contribution is 2.15. The summed E-state index contributed by atoms with van der Waals surface area (Å²) in [6, 6.07) is 5.10. The van der Waals surface area contributed by atoms with E-state index in [4.69, 9.17) is 9.15 Å². The third-order valence-electron chi connectivity index (χ3n) is 2.56. The first kappa shape index (κ1) is 13.8. The lowest BCUT2D eigenvalue weighted by Gasteiger charge is -2.09. The van der Waals surface area contributed by atoms with Crippen LogP contribution in [-0.2, 0) is 11.3 Å². The van der Waals surface area contributed by atoms with Crippen molar-refractivity contribution in [1.29, 1.82) is 0 Å². The van der Waals surface area contributed by atoms with Crippen LogP contribution in [0.1, 0.15) is 28.0 Å². The van der Waals surface area contributed by atoms with Crippen molar-refractivity contribution in [3.05, 3.63) is 46.0 Å². The minimum Gasteiger partial charge on any atom is -0.453 e. The minimum atomic E-state index is -0.705. The molecule has 0 spiro atoms.